The summed E-state index contributed by atoms with van der Waals surface area (Å²) in [5.41, 5.74) is 6.20. The molecule has 3 fully saturated rings. The molecule has 1 aromatic rings. The van der Waals surface area contributed by atoms with Crippen LogP contribution in [0.5, 0.6) is 0 Å². The smallest absolute Gasteiger partial charge is 0.223 e. The number of fused-ring (bicyclic) bond motifs is 2. The van der Waals surface area contributed by atoms with E-state index >= 15 is 0 Å². The predicted molar refractivity (Wildman–Crippen MR) is 111 cm³/mol. The Bertz CT molecular complexity index is 583. The average Bonchev–Trinajstić information content (AvgIpc) is 2.63. The van der Waals surface area contributed by atoms with E-state index in [1.807, 2.05) is 0 Å². The molecule has 2 heterocycles. The molecule has 8 heteroatoms. The van der Waals surface area contributed by atoms with Crippen LogP contribution in [0.15, 0.2) is 18.6 Å². The topological polar surface area (TPSA) is 84.1 Å². The molecule has 2 unspecified atom stereocenters. The molecule has 3 aliphatic rings. The molecule has 1 amide bonds. The van der Waals surface area contributed by atoms with Crippen molar-refractivity contribution in [2.24, 2.45) is 23.5 Å². The molecule has 2 bridgehead atoms. The number of hydrogen-bond donors (Lipinski definition) is 2. The molecule has 0 aromatic carbocycles. The first kappa shape index (κ1) is 22.2. The number of carbonyl (C=O) groups is 1. The van der Waals surface area contributed by atoms with E-state index < -0.39 is 0 Å². The normalized spacial score (nSPS) is 30.6. The number of nitrogens with one attached hydrogen (secondary N) is 1. The third kappa shape index (κ3) is 5.04. The first-order chi connectivity index (χ1) is 12.2. The number of nitrogens with two attached hydrogens (primary N) is 1. The minimum Gasteiger partial charge on any atom is -0.355 e. The maximum Gasteiger partial charge on any atom is 0.223 e. The molecule has 1 aromatic heterocycles. The molecule has 2 saturated carbocycles. The van der Waals surface area contributed by atoms with Crippen LogP contribution >= 0.6 is 24.8 Å². The molecule has 3 N–H and O–H groups in total. The lowest BCUT2D eigenvalue weighted by atomic mass is 9.67. The van der Waals surface area contributed by atoms with E-state index in [9.17, 15) is 4.79 Å². The molecule has 4 rings (SSSR count). The van der Waals surface area contributed by atoms with Crippen molar-refractivity contribution in [2.75, 3.05) is 18.0 Å². The number of rotatable bonds is 3. The molecular formula is C19H31Cl2N5O. The first-order valence-corrected chi connectivity index (χ1v) is 9.77. The van der Waals surface area contributed by atoms with Crippen molar-refractivity contribution >= 4 is 36.5 Å². The Hall–Kier alpha value is -1.11. The van der Waals surface area contributed by atoms with Crippen molar-refractivity contribution in [3.63, 3.8) is 0 Å². The number of aromatic nitrogens is 2. The van der Waals surface area contributed by atoms with E-state index in [2.05, 4.69) is 20.2 Å². The van der Waals surface area contributed by atoms with E-state index in [1.165, 1.54) is 19.3 Å². The third-order valence-electron chi connectivity index (χ3n) is 6.42. The lowest BCUT2D eigenvalue weighted by Gasteiger charge is -2.45. The quantitative estimate of drug-likeness (QED) is 0.791. The number of carbonyl (C=O) groups excluding carboxylic acids is 1. The third-order valence-corrected chi connectivity index (χ3v) is 6.42. The van der Waals surface area contributed by atoms with Crippen LogP contribution in [0, 0.1) is 17.8 Å². The second-order valence-corrected chi connectivity index (χ2v) is 8.04. The van der Waals surface area contributed by atoms with Crippen LogP contribution < -0.4 is 16.0 Å². The van der Waals surface area contributed by atoms with Crippen molar-refractivity contribution in [3.05, 3.63) is 18.6 Å². The summed E-state index contributed by atoms with van der Waals surface area (Å²) in [6.07, 6.45) is 12.9. The zero-order valence-electron chi connectivity index (χ0n) is 15.6. The molecule has 6 nitrogen and oxygen atoms in total. The van der Waals surface area contributed by atoms with Gasteiger partial charge in [-0.25, -0.2) is 4.98 Å². The van der Waals surface area contributed by atoms with Crippen LogP contribution in [0.3, 0.4) is 0 Å². The van der Waals surface area contributed by atoms with Gasteiger partial charge in [0.15, 0.2) is 0 Å². The molecular weight excluding hydrogens is 385 g/mol. The van der Waals surface area contributed by atoms with Crippen molar-refractivity contribution in [2.45, 2.75) is 57.0 Å². The number of amides is 1. The number of nitrogens with zero attached hydrogens (tertiary/aromatic N) is 3. The fourth-order valence-electron chi connectivity index (χ4n) is 5.13. The van der Waals surface area contributed by atoms with Gasteiger partial charge in [0.25, 0.3) is 0 Å². The zero-order chi connectivity index (χ0) is 17.2. The van der Waals surface area contributed by atoms with Crippen molar-refractivity contribution in [3.8, 4) is 0 Å². The van der Waals surface area contributed by atoms with Crippen LogP contribution in [0.25, 0.3) is 0 Å². The molecule has 1 saturated heterocycles. The van der Waals surface area contributed by atoms with E-state index in [4.69, 9.17) is 5.73 Å². The maximum absolute atomic E-state index is 12.8. The van der Waals surface area contributed by atoms with Gasteiger partial charge >= 0.3 is 0 Å². The largest absolute Gasteiger partial charge is 0.355 e. The minimum atomic E-state index is 0. The number of hydrogen-bond acceptors (Lipinski definition) is 5. The number of halogens is 2. The Labute approximate surface area is 173 Å². The summed E-state index contributed by atoms with van der Waals surface area (Å²) in [5.74, 6) is 2.48. The SMILES string of the molecule is Cl.Cl.NC1CC2CCCC(C1)C2NC(=O)C1CCN(c2cnccn2)CC1. The minimum absolute atomic E-state index is 0. The summed E-state index contributed by atoms with van der Waals surface area (Å²) >= 11 is 0. The van der Waals surface area contributed by atoms with Crippen molar-refractivity contribution in [1.29, 1.82) is 0 Å². The van der Waals surface area contributed by atoms with Gasteiger partial charge in [0.05, 0.1) is 6.20 Å². The highest BCUT2D eigenvalue weighted by atomic mass is 35.5. The highest BCUT2D eigenvalue weighted by molar-refractivity contribution is 5.85. The summed E-state index contributed by atoms with van der Waals surface area (Å²) in [6, 6.07) is 0.692. The first-order valence-electron chi connectivity index (χ1n) is 9.77. The molecule has 152 valence electrons. The number of anilines is 1. The van der Waals surface area contributed by atoms with E-state index in [1.54, 1.807) is 18.6 Å². The highest BCUT2D eigenvalue weighted by Crippen LogP contribution is 2.40. The Balaban J connectivity index is 0.00000131. The summed E-state index contributed by atoms with van der Waals surface area (Å²) in [6.45, 7) is 1.75. The summed E-state index contributed by atoms with van der Waals surface area (Å²) in [4.78, 5) is 23.6. The Morgan fingerprint density at radius 3 is 2.33 bits per heavy atom. The lowest BCUT2D eigenvalue weighted by molar-refractivity contribution is -0.128. The van der Waals surface area contributed by atoms with Gasteiger partial charge in [-0.1, -0.05) is 6.42 Å². The molecule has 2 aliphatic carbocycles. The zero-order valence-corrected chi connectivity index (χ0v) is 17.3. The van der Waals surface area contributed by atoms with Crippen LogP contribution in [0.4, 0.5) is 5.82 Å². The fraction of sp³-hybridized carbons (Fsp3) is 0.737. The lowest BCUT2D eigenvalue weighted by Crippen LogP contribution is -2.55. The van der Waals surface area contributed by atoms with Crippen LogP contribution in [0.1, 0.15) is 44.9 Å². The molecule has 27 heavy (non-hydrogen) atoms. The second-order valence-electron chi connectivity index (χ2n) is 8.04. The van der Waals surface area contributed by atoms with Crippen LogP contribution in [0.2, 0.25) is 0 Å². The Morgan fingerprint density at radius 2 is 1.74 bits per heavy atom. The second kappa shape index (κ2) is 9.89. The van der Waals surface area contributed by atoms with E-state index in [0.29, 0.717) is 23.9 Å². The Morgan fingerprint density at radius 1 is 1.07 bits per heavy atom. The summed E-state index contributed by atoms with van der Waals surface area (Å²) in [7, 11) is 0. The van der Waals surface area contributed by atoms with Crippen LogP contribution in [-0.2, 0) is 4.79 Å². The van der Waals surface area contributed by atoms with Gasteiger partial charge in [0.2, 0.25) is 5.91 Å². The van der Waals surface area contributed by atoms with E-state index in [0.717, 1.165) is 44.6 Å². The van der Waals surface area contributed by atoms with E-state index in [-0.39, 0.29) is 36.6 Å². The van der Waals surface area contributed by atoms with Gasteiger partial charge in [0.1, 0.15) is 5.82 Å². The molecule has 2 atom stereocenters. The number of piperidine rings is 1. The summed E-state index contributed by atoms with van der Waals surface area (Å²) < 4.78 is 0. The molecule has 0 spiro atoms. The predicted octanol–water partition coefficient (Wildman–Crippen LogP) is 2.56. The molecule has 1 aliphatic heterocycles. The van der Waals surface area contributed by atoms with Crippen molar-refractivity contribution < 1.29 is 4.79 Å². The van der Waals surface area contributed by atoms with Gasteiger partial charge in [-0.2, -0.15) is 0 Å². The monoisotopic (exact) mass is 415 g/mol. The summed E-state index contributed by atoms with van der Waals surface area (Å²) in [5, 5.41) is 3.42. The van der Waals surface area contributed by atoms with Gasteiger partial charge in [-0.15, -0.1) is 24.8 Å². The fourth-order valence-corrected chi connectivity index (χ4v) is 5.13. The van der Waals surface area contributed by atoms with Gasteiger partial charge in [-0.3, -0.25) is 9.78 Å². The Kier molecular flexibility index (Phi) is 8.13. The molecule has 0 radical (unpaired) electrons. The van der Waals surface area contributed by atoms with Gasteiger partial charge in [-0.05, 0) is 50.4 Å². The highest BCUT2D eigenvalue weighted by Gasteiger charge is 2.40. The maximum atomic E-state index is 12.8. The average molecular weight is 416 g/mol. The standard InChI is InChI=1S/C19H29N5O.2ClH/c20-16-10-14-2-1-3-15(11-16)18(14)23-19(25)13-4-8-24(9-5-13)17-12-21-6-7-22-17;;/h6-7,12-16,18H,1-5,8-11,20H2,(H,23,25);2*1H. The van der Waals surface area contributed by atoms with Crippen LogP contribution in [-0.4, -0.2) is 41.0 Å². The van der Waals surface area contributed by atoms with Gasteiger partial charge in [0, 0.05) is 43.5 Å². The van der Waals surface area contributed by atoms with Crippen molar-refractivity contribution in [1.82, 2.24) is 15.3 Å². The van der Waals surface area contributed by atoms with Gasteiger partial charge < -0.3 is 16.0 Å².